The van der Waals surface area contributed by atoms with Crippen molar-refractivity contribution in [1.82, 2.24) is 14.5 Å². The van der Waals surface area contributed by atoms with Crippen LogP contribution < -0.4 is 0 Å². The van der Waals surface area contributed by atoms with Gasteiger partial charge in [0.05, 0.1) is 22.4 Å². The van der Waals surface area contributed by atoms with Gasteiger partial charge in [0.15, 0.2) is 0 Å². The number of nitrogens with one attached hydrogen (secondary N) is 1. The number of imidazole rings is 1. The molecule has 26 heavy (non-hydrogen) atoms. The fraction of sp³-hybridized carbons (Fsp3) is 0.0500. The number of aromatic amines is 1. The normalized spacial score (nSPS) is 12.3. The number of aromatic nitrogens is 3. The number of rotatable bonds is 4. The minimum absolute atomic E-state index is 0.159. The van der Waals surface area contributed by atoms with E-state index in [9.17, 15) is 4.39 Å². The number of hydrogen-bond donors (Lipinski definition) is 1. The smallest absolute Gasteiger partial charge is 0.123 e. The van der Waals surface area contributed by atoms with E-state index in [1.165, 1.54) is 12.1 Å². The minimum Gasteiger partial charge on any atom is -0.367 e. The maximum atomic E-state index is 13.4. The summed E-state index contributed by atoms with van der Waals surface area (Å²) in [5, 5.41) is 1.01. The molecular weight excluding hydrogens is 372 g/mol. The van der Waals surface area contributed by atoms with Gasteiger partial charge < -0.3 is 9.55 Å². The van der Waals surface area contributed by atoms with Crippen molar-refractivity contribution in [3.63, 3.8) is 0 Å². The van der Waals surface area contributed by atoms with Crippen molar-refractivity contribution in [3.05, 3.63) is 101 Å². The second-order valence-electron chi connectivity index (χ2n) is 5.92. The maximum absolute atomic E-state index is 13.4. The Kier molecular flexibility index (Phi) is 4.53. The molecule has 0 radical (unpaired) electrons. The van der Waals surface area contributed by atoms with Crippen LogP contribution in [0.5, 0.6) is 0 Å². The number of H-pyrrole nitrogens is 1. The summed E-state index contributed by atoms with van der Waals surface area (Å²) >= 11 is 12.2. The predicted octanol–water partition coefficient (Wildman–Crippen LogP) is 5.96. The minimum atomic E-state index is -0.267. The zero-order valence-corrected chi connectivity index (χ0v) is 15.0. The average molecular weight is 386 g/mol. The Morgan fingerprint density at radius 3 is 2.50 bits per heavy atom. The molecule has 6 heteroatoms. The Bertz CT molecular complexity index is 1020. The molecule has 4 aromatic rings. The fourth-order valence-electron chi connectivity index (χ4n) is 3.10. The molecule has 130 valence electrons. The van der Waals surface area contributed by atoms with Crippen molar-refractivity contribution >= 4 is 23.2 Å². The van der Waals surface area contributed by atoms with E-state index in [4.69, 9.17) is 23.2 Å². The number of benzene rings is 2. The molecule has 0 spiro atoms. The zero-order valence-electron chi connectivity index (χ0n) is 13.5. The van der Waals surface area contributed by atoms with Gasteiger partial charge in [0.25, 0.3) is 0 Å². The molecule has 0 amide bonds. The largest absolute Gasteiger partial charge is 0.367 e. The van der Waals surface area contributed by atoms with E-state index in [1.54, 1.807) is 30.7 Å². The third kappa shape index (κ3) is 3.14. The number of hydrogen-bond acceptors (Lipinski definition) is 1. The first-order valence-corrected chi connectivity index (χ1v) is 8.74. The third-order valence-electron chi connectivity index (χ3n) is 4.31. The lowest BCUT2D eigenvalue weighted by Crippen LogP contribution is -2.11. The van der Waals surface area contributed by atoms with E-state index in [-0.39, 0.29) is 11.9 Å². The highest BCUT2D eigenvalue weighted by Crippen LogP contribution is 2.36. The fourth-order valence-corrected chi connectivity index (χ4v) is 3.39. The van der Waals surface area contributed by atoms with Gasteiger partial charge in [-0.25, -0.2) is 9.37 Å². The summed E-state index contributed by atoms with van der Waals surface area (Å²) in [6.07, 6.45) is 9.22. The van der Waals surface area contributed by atoms with Crippen LogP contribution >= 0.6 is 23.2 Å². The van der Waals surface area contributed by atoms with E-state index in [2.05, 4.69) is 9.97 Å². The molecule has 3 nitrogen and oxygen atoms in total. The van der Waals surface area contributed by atoms with Crippen molar-refractivity contribution in [2.45, 2.75) is 6.04 Å². The second kappa shape index (κ2) is 6.98. The van der Waals surface area contributed by atoms with E-state index in [1.807, 2.05) is 35.3 Å². The summed E-state index contributed by atoms with van der Waals surface area (Å²) in [6, 6.07) is 11.9. The highest BCUT2D eigenvalue weighted by atomic mass is 35.5. The van der Waals surface area contributed by atoms with Gasteiger partial charge in [-0.3, -0.25) is 0 Å². The van der Waals surface area contributed by atoms with Gasteiger partial charge in [0.1, 0.15) is 5.82 Å². The monoisotopic (exact) mass is 385 g/mol. The Morgan fingerprint density at radius 1 is 1.00 bits per heavy atom. The van der Waals surface area contributed by atoms with Gasteiger partial charge in [0, 0.05) is 35.9 Å². The van der Waals surface area contributed by atoms with Crippen LogP contribution in [-0.2, 0) is 0 Å². The summed E-state index contributed by atoms with van der Waals surface area (Å²) in [7, 11) is 0. The number of nitrogens with zero attached hydrogens (tertiary/aromatic N) is 2. The molecule has 0 aliphatic rings. The van der Waals surface area contributed by atoms with Crippen LogP contribution in [0, 0.1) is 5.82 Å². The summed E-state index contributed by atoms with van der Waals surface area (Å²) in [5.41, 5.74) is 3.91. The third-order valence-corrected chi connectivity index (χ3v) is 5.05. The summed E-state index contributed by atoms with van der Waals surface area (Å²) in [6.45, 7) is 0. The summed E-state index contributed by atoms with van der Waals surface area (Å²) in [5.74, 6) is -0.267. The lowest BCUT2D eigenvalue weighted by molar-refractivity contribution is 0.622. The van der Waals surface area contributed by atoms with Crippen LogP contribution in [0.15, 0.2) is 73.6 Å². The van der Waals surface area contributed by atoms with Crippen LogP contribution in [0.4, 0.5) is 4.39 Å². The number of halogens is 3. The standard InChI is InChI=1S/C20H14Cl2FN3/c21-18-6-3-14(9-19(18)22)16-10-25-11-17(16)20(26-8-7-24-12-26)13-1-4-15(23)5-2-13/h1-12,20,25H/t20-/m1/s1. The van der Waals surface area contributed by atoms with Gasteiger partial charge in [-0.2, -0.15) is 0 Å². The van der Waals surface area contributed by atoms with Crippen LogP contribution in [0.1, 0.15) is 17.2 Å². The van der Waals surface area contributed by atoms with Crippen LogP contribution in [0.3, 0.4) is 0 Å². The average Bonchev–Trinajstić information content (AvgIpc) is 3.32. The quantitative estimate of drug-likeness (QED) is 0.461. The molecule has 0 aliphatic heterocycles. The lowest BCUT2D eigenvalue weighted by atomic mass is 9.94. The molecular formula is C20H14Cl2FN3. The van der Waals surface area contributed by atoms with Crippen LogP contribution in [0.25, 0.3) is 11.1 Å². The molecule has 0 bridgehead atoms. The summed E-state index contributed by atoms with van der Waals surface area (Å²) in [4.78, 5) is 7.33. The van der Waals surface area contributed by atoms with Crippen molar-refractivity contribution in [1.29, 1.82) is 0 Å². The SMILES string of the molecule is Fc1ccc([C@H](c2c[nH]cc2-c2ccc(Cl)c(Cl)c2)n2ccnc2)cc1. The van der Waals surface area contributed by atoms with Crippen molar-refractivity contribution in [2.75, 3.05) is 0 Å². The predicted molar refractivity (Wildman–Crippen MR) is 102 cm³/mol. The summed E-state index contributed by atoms with van der Waals surface area (Å²) < 4.78 is 15.4. The van der Waals surface area contributed by atoms with Gasteiger partial charge in [-0.05, 0) is 35.4 Å². The van der Waals surface area contributed by atoms with E-state index < -0.39 is 0 Å². The first kappa shape index (κ1) is 16.9. The van der Waals surface area contributed by atoms with Crippen LogP contribution in [0.2, 0.25) is 10.0 Å². The molecule has 0 saturated carbocycles. The molecule has 0 fully saturated rings. The Hall–Kier alpha value is -2.56. The molecule has 4 rings (SSSR count). The maximum Gasteiger partial charge on any atom is 0.123 e. The van der Waals surface area contributed by atoms with Crippen molar-refractivity contribution in [3.8, 4) is 11.1 Å². The van der Waals surface area contributed by atoms with Gasteiger partial charge in [-0.1, -0.05) is 41.4 Å². The highest BCUT2D eigenvalue weighted by Gasteiger charge is 2.21. The molecule has 2 aromatic heterocycles. The molecule has 1 atom stereocenters. The van der Waals surface area contributed by atoms with E-state index >= 15 is 0 Å². The second-order valence-corrected chi connectivity index (χ2v) is 6.73. The Morgan fingerprint density at radius 2 is 1.81 bits per heavy atom. The molecule has 2 heterocycles. The highest BCUT2D eigenvalue weighted by molar-refractivity contribution is 6.42. The van der Waals surface area contributed by atoms with E-state index in [0.29, 0.717) is 10.0 Å². The molecule has 0 aliphatic carbocycles. The lowest BCUT2D eigenvalue weighted by Gasteiger charge is -2.20. The van der Waals surface area contributed by atoms with Crippen molar-refractivity contribution in [2.24, 2.45) is 0 Å². The first-order chi connectivity index (χ1) is 12.6. The topological polar surface area (TPSA) is 33.6 Å². The molecule has 0 unspecified atom stereocenters. The van der Waals surface area contributed by atoms with Crippen molar-refractivity contribution < 1.29 is 4.39 Å². The molecule has 1 N–H and O–H groups in total. The first-order valence-electron chi connectivity index (χ1n) is 7.98. The van der Waals surface area contributed by atoms with Gasteiger partial charge >= 0.3 is 0 Å². The zero-order chi connectivity index (χ0) is 18.1. The van der Waals surface area contributed by atoms with E-state index in [0.717, 1.165) is 22.3 Å². The Labute approximate surface area is 160 Å². The van der Waals surface area contributed by atoms with Gasteiger partial charge in [0.2, 0.25) is 0 Å². The molecule has 2 aromatic carbocycles. The van der Waals surface area contributed by atoms with Gasteiger partial charge in [-0.15, -0.1) is 0 Å². The Balaban J connectivity index is 1.86. The molecule has 0 saturated heterocycles. The van der Waals surface area contributed by atoms with Crippen LogP contribution in [-0.4, -0.2) is 14.5 Å².